The minimum atomic E-state index is -0.0409. The molecule has 0 N–H and O–H groups in total. The summed E-state index contributed by atoms with van der Waals surface area (Å²) in [6, 6.07) is 10.6. The van der Waals surface area contributed by atoms with Gasteiger partial charge in [-0.1, -0.05) is 36.4 Å². The molecule has 3 rings (SSSR count). The Morgan fingerprint density at radius 2 is 1.87 bits per heavy atom. The first kappa shape index (κ1) is 9.00. The van der Waals surface area contributed by atoms with Gasteiger partial charge in [-0.25, -0.2) is 0 Å². The topological polar surface area (TPSA) is 23.8 Å². The molecule has 1 aromatic carbocycles. The first-order valence-corrected chi connectivity index (χ1v) is 5.57. The lowest BCUT2D eigenvalue weighted by Crippen LogP contribution is -2.23. The molecule has 1 nitrogen and oxygen atoms in total. The molecule has 0 spiro atoms. The summed E-state index contributed by atoms with van der Waals surface area (Å²) in [5.74, 6) is 0.477. The maximum atomic E-state index is 9.17. The lowest BCUT2D eigenvalue weighted by molar-refractivity contribution is 0.438. The minimum absolute atomic E-state index is 0.0300. The van der Waals surface area contributed by atoms with Crippen LogP contribution in [0, 0.1) is 23.2 Å². The van der Waals surface area contributed by atoms with Gasteiger partial charge in [-0.2, -0.15) is 5.26 Å². The van der Waals surface area contributed by atoms with Crippen LogP contribution in [-0.2, 0) is 0 Å². The van der Waals surface area contributed by atoms with Crippen molar-refractivity contribution in [2.75, 3.05) is 0 Å². The Hall–Kier alpha value is -1.26. The van der Waals surface area contributed by atoms with Gasteiger partial charge < -0.3 is 0 Å². The second kappa shape index (κ2) is 3.12. The predicted molar refractivity (Wildman–Crippen MR) is 59.5 cm³/mol. The molecule has 0 fully saturated rings. The summed E-state index contributed by atoms with van der Waals surface area (Å²) >= 11 is 6.41. The smallest absolute Gasteiger partial charge is 0.0672 e. The van der Waals surface area contributed by atoms with Crippen LogP contribution in [-0.4, -0.2) is 0 Å². The van der Waals surface area contributed by atoms with Gasteiger partial charge >= 0.3 is 0 Å². The summed E-state index contributed by atoms with van der Waals surface area (Å²) in [6.07, 6.45) is 4.25. The van der Waals surface area contributed by atoms with Crippen molar-refractivity contribution in [3.63, 3.8) is 0 Å². The van der Waals surface area contributed by atoms with Gasteiger partial charge in [0.2, 0.25) is 0 Å². The summed E-state index contributed by atoms with van der Waals surface area (Å²) in [7, 11) is 0. The zero-order valence-electron chi connectivity index (χ0n) is 8.10. The van der Waals surface area contributed by atoms with Crippen LogP contribution in [0.25, 0.3) is 0 Å². The fourth-order valence-corrected chi connectivity index (χ4v) is 3.18. The summed E-state index contributed by atoms with van der Waals surface area (Å²) < 4.78 is 0. The van der Waals surface area contributed by atoms with Gasteiger partial charge in [-0.15, -0.1) is 11.6 Å². The summed E-state index contributed by atoms with van der Waals surface area (Å²) in [5, 5.41) is 9.13. The molecule has 2 bridgehead atoms. The molecule has 2 aliphatic carbocycles. The Labute approximate surface area is 94.0 Å². The molecular formula is C13H10ClN. The highest BCUT2D eigenvalue weighted by Crippen LogP contribution is 2.52. The molecule has 2 heteroatoms. The molecular weight excluding hydrogens is 206 g/mol. The van der Waals surface area contributed by atoms with Crippen LogP contribution in [0.2, 0.25) is 0 Å². The number of rotatable bonds is 0. The number of hydrogen-bond donors (Lipinski definition) is 0. The van der Waals surface area contributed by atoms with E-state index in [-0.39, 0.29) is 23.1 Å². The highest BCUT2D eigenvalue weighted by Gasteiger charge is 2.43. The number of fused-ring (bicyclic) bond motifs is 4. The van der Waals surface area contributed by atoms with Gasteiger partial charge in [-0.3, -0.25) is 0 Å². The Balaban J connectivity index is 2.20. The van der Waals surface area contributed by atoms with Crippen molar-refractivity contribution in [3.8, 4) is 6.07 Å². The van der Waals surface area contributed by atoms with E-state index in [9.17, 15) is 0 Å². The third-order valence-corrected chi connectivity index (χ3v) is 4.01. The largest absolute Gasteiger partial charge is 0.198 e. The van der Waals surface area contributed by atoms with Gasteiger partial charge in [-0.05, 0) is 11.1 Å². The average molecular weight is 216 g/mol. The van der Waals surface area contributed by atoms with Crippen molar-refractivity contribution >= 4 is 11.6 Å². The van der Waals surface area contributed by atoms with Crippen molar-refractivity contribution in [2.24, 2.45) is 11.8 Å². The van der Waals surface area contributed by atoms with E-state index in [1.54, 1.807) is 0 Å². The number of alkyl halides is 1. The van der Waals surface area contributed by atoms with E-state index in [2.05, 4.69) is 30.4 Å². The van der Waals surface area contributed by atoms with Crippen molar-refractivity contribution in [1.29, 1.82) is 5.26 Å². The van der Waals surface area contributed by atoms with E-state index in [1.807, 2.05) is 12.1 Å². The molecule has 4 atom stereocenters. The van der Waals surface area contributed by atoms with Crippen molar-refractivity contribution in [2.45, 2.75) is 11.3 Å². The van der Waals surface area contributed by atoms with Crippen molar-refractivity contribution in [1.82, 2.24) is 0 Å². The van der Waals surface area contributed by atoms with Crippen LogP contribution in [0.1, 0.15) is 22.4 Å². The van der Waals surface area contributed by atoms with E-state index in [1.165, 1.54) is 11.1 Å². The molecule has 0 saturated carbocycles. The number of benzene rings is 1. The lowest BCUT2D eigenvalue weighted by atomic mass is 9.74. The molecule has 0 amide bonds. The molecule has 0 unspecified atom stereocenters. The van der Waals surface area contributed by atoms with Crippen LogP contribution in [0.3, 0.4) is 0 Å². The maximum absolute atomic E-state index is 9.17. The van der Waals surface area contributed by atoms with Gasteiger partial charge in [0.1, 0.15) is 0 Å². The summed E-state index contributed by atoms with van der Waals surface area (Å²) in [5.41, 5.74) is 2.43. The molecule has 2 aliphatic rings. The Morgan fingerprint density at radius 1 is 1.13 bits per heavy atom. The quantitative estimate of drug-likeness (QED) is 0.481. The van der Waals surface area contributed by atoms with E-state index < -0.39 is 0 Å². The van der Waals surface area contributed by atoms with Gasteiger partial charge in [0.15, 0.2) is 0 Å². The Kier molecular flexibility index (Phi) is 1.87. The molecule has 15 heavy (non-hydrogen) atoms. The number of hydrogen-bond acceptors (Lipinski definition) is 1. The third-order valence-electron chi connectivity index (χ3n) is 3.48. The second-order valence-corrected chi connectivity index (χ2v) is 4.64. The van der Waals surface area contributed by atoms with E-state index in [0.29, 0.717) is 0 Å². The molecule has 0 heterocycles. The van der Waals surface area contributed by atoms with Crippen LogP contribution in [0.4, 0.5) is 0 Å². The normalized spacial score (nSPS) is 36.0. The molecule has 1 aromatic rings. The molecule has 0 aliphatic heterocycles. The first-order valence-electron chi connectivity index (χ1n) is 5.14. The van der Waals surface area contributed by atoms with E-state index in [0.717, 1.165) is 0 Å². The van der Waals surface area contributed by atoms with E-state index in [4.69, 9.17) is 16.9 Å². The van der Waals surface area contributed by atoms with Gasteiger partial charge in [0.25, 0.3) is 0 Å². The standard InChI is InChI=1S/C13H10ClN/c14-13-10-4-2-1-3-8(10)9-5-6-11(13)12(9)7-15/h1-6,9,11-13H/t9-,11+,12+,13+/m1/s1. The number of allylic oxidation sites excluding steroid dienone is 2. The lowest BCUT2D eigenvalue weighted by Gasteiger charge is -2.31. The zero-order valence-corrected chi connectivity index (χ0v) is 8.85. The second-order valence-electron chi connectivity index (χ2n) is 4.17. The molecule has 0 saturated heterocycles. The minimum Gasteiger partial charge on any atom is -0.198 e. The molecule has 74 valence electrons. The Bertz CT molecular complexity index is 472. The van der Waals surface area contributed by atoms with Crippen LogP contribution in [0.5, 0.6) is 0 Å². The number of halogens is 1. The highest BCUT2D eigenvalue weighted by molar-refractivity contribution is 6.21. The first-order chi connectivity index (χ1) is 7.33. The predicted octanol–water partition coefficient (Wildman–Crippen LogP) is 3.39. The van der Waals surface area contributed by atoms with E-state index >= 15 is 0 Å². The maximum Gasteiger partial charge on any atom is 0.0672 e. The van der Waals surface area contributed by atoms with Crippen LogP contribution < -0.4 is 0 Å². The van der Waals surface area contributed by atoms with Crippen LogP contribution in [0.15, 0.2) is 36.4 Å². The van der Waals surface area contributed by atoms with Gasteiger partial charge in [0, 0.05) is 11.8 Å². The SMILES string of the molecule is N#C[C@@H]1[C@@H]2C=C[C@@H]1c1ccccc1[C@@H]2Cl. The summed E-state index contributed by atoms with van der Waals surface area (Å²) in [6.45, 7) is 0. The fraction of sp³-hybridized carbons (Fsp3) is 0.308. The van der Waals surface area contributed by atoms with Crippen molar-refractivity contribution < 1.29 is 0 Å². The zero-order chi connectivity index (χ0) is 10.4. The Morgan fingerprint density at radius 3 is 2.60 bits per heavy atom. The fourth-order valence-electron chi connectivity index (χ4n) is 2.74. The van der Waals surface area contributed by atoms with Gasteiger partial charge in [0.05, 0.1) is 17.4 Å². The average Bonchev–Trinajstić information content (AvgIpc) is 2.65. The molecule has 0 radical (unpaired) electrons. The monoisotopic (exact) mass is 215 g/mol. The number of nitriles is 1. The van der Waals surface area contributed by atoms with Crippen molar-refractivity contribution in [3.05, 3.63) is 47.5 Å². The summed E-state index contributed by atoms with van der Waals surface area (Å²) in [4.78, 5) is 0. The van der Waals surface area contributed by atoms with Crippen LogP contribution >= 0.6 is 11.6 Å². The number of nitrogens with zero attached hydrogens (tertiary/aromatic N) is 1. The third kappa shape index (κ3) is 1.09. The molecule has 0 aromatic heterocycles. The highest BCUT2D eigenvalue weighted by atomic mass is 35.5.